The van der Waals surface area contributed by atoms with E-state index in [1.54, 1.807) is 0 Å². The molecule has 1 aliphatic heterocycles. The molecule has 0 amide bonds. The van der Waals surface area contributed by atoms with Gasteiger partial charge in [0.2, 0.25) is 0 Å². The number of rotatable bonds is 4. The molecule has 0 spiro atoms. The average molecular weight is 227 g/mol. The van der Waals surface area contributed by atoms with Gasteiger partial charge < -0.3 is 4.74 Å². The van der Waals surface area contributed by atoms with E-state index >= 15 is 0 Å². The van der Waals surface area contributed by atoms with Gasteiger partial charge in [-0.1, -0.05) is 0 Å². The summed E-state index contributed by atoms with van der Waals surface area (Å²) < 4.78 is 5.46. The summed E-state index contributed by atoms with van der Waals surface area (Å²) in [4.78, 5) is 2.51. The van der Waals surface area contributed by atoms with Gasteiger partial charge >= 0.3 is 0 Å². The third-order valence-electron chi connectivity index (χ3n) is 3.53. The smallest absolute Gasteiger partial charge is 0.0619 e. The number of hydrazone groups is 1. The summed E-state index contributed by atoms with van der Waals surface area (Å²) in [6, 6.07) is 1.41. The Kier molecular flexibility index (Phi) is 5.22. The Bertz CT molecular complexity index is 232. The van der Waals surface area contributed by atoms with Crippen molar-refractivity contribution < 1.29 is 4.74 Å². The SMILES string of the molecule is C/C=N\N(C)[C@@H](C)C(C)N1CCOC[C@H]1C. The lowest BCUT2D eigenvalue weighted by Gasteiger charge is -2.42. The lowest BCUT2D eigenvalue weighted by atomic mass is 10.1. The molecule has 16 heavy (non-hydrogen) atoms. The fourth-order valence-corrected chi connectivity index (χ4v) is 2.22. The zero-order chi connectivity index (χ0) is 12.1. The minimum absolute atomic E-state index is 0.414. The predicted molar refractivity (Wildman–Crippen MR) is 67.8 cm³/mol. The molecule has 1 rings (SSSR count). The van der Waals surface area contributed by atoms with E-state index in [1.165, 1.54) is 0 Å². The van der Waals surface area contributed by atoms with Crippen LogP contribution in [-0.2, 0) is 4.74 Å². The fraction of sp³-hybridized carbons (Fsp3) is 0.917. The van der Waals surface area contributed by atoms with Crippen molar-refractivity contribution in [2.45, 2.75) is 45.8 Å². The summed E-state index contributed by atoms with van der Waals surface area (Å²) in [5.74, 6) is 0. The van der Waals surface area contributed by atoms with Crippen LogP contribution >= 0.6 is 0 Å². The van der Waals surface area contributed by atoms with E-state index in [1.807, 2.05) is 25.2 Å². The molecule has 0 radical (unpaired) electrons. The second-order valence-corrected chi connectivity index (χ2v) is 4.59. The van der Waals surface area contributed by atoms with E-state index in [0.29, 0.717) is 18.1 Å². The van der Waals surface area contributed by atoms with E-state index < -0.39 is 0 Å². The van der Waals surface area contributed by atoms with Gasteiger partial charge in [-0.05, 0) is 27.7 Å². The van der Waals surface area contributed by atoms with Crippen LogP contribution in [0.3, 0.4) is 0 Å². The minimum atomic E-state index is 0.414. The Morgan fingerprint density at radius 2 is 2.19 bits per heavy atom. The van der Waals surface area contributed by atoms with Crippen molar-refractivity contribution in [2.75, 3.05) is 26.8 Å². The molecule has 0 N–H and O–H groups in total. The molecule has 0 saturated carbocycles. The summed E-state index contributed by atoms with van der Waals surface area (Å²) in [6.07, 6.45) is 1.84. The van der Waals surface area contributed by atoms with Gasteiger partial charge in [-0.25, -0.2) is 0 Å². The molecule has 4 nitrogen and oxygen atoms in total. The van der Waals surface area contributed by atoms with Crippen molar-refractivity contribution in [2.24, 2.45) is 5.10 Å². The Morgan fingerprint density at radius 3 is 2.75 bits per heavy atom. The number of ether oxygens (including phenoxy) is 1. The highest BCUT2D eigenvalue weighted by molar-refractivity contribution is 5.52. The van der Waals surface area contributed by atoms with Crippen molar-refractivity contribution in [1.29, 1.82) is 0 Å². The number of morpholine rings is 1. The molecule has 1 aliphatic rings. The molecule has 0 aromatic rings. The van der Waals surface area contributed by atoms with Crippen LogP contribution in [0.5, 0.6) is 0 Å². The first-order chi connectivity index (χ1) is 7.57. The predicted octanol–water partition coefficient (Wildman–Crippen LogP) is 1.42. The normalized spacial score (nSPS) is 26.9. The Hall–Kier alpha value is -0.610. The second kappa shape index (κ2) is 6.21. The standard InChI is InChI=1S/C12H25N3O/c1-6-13-14(5)11(3)12(4)15-7-8-16-9-10(15)2/h6,10-12H,7-9H2,1-5H3/b13-6-/t10-,11+,12?/m1/s1. The molecule has 0 aromatic heterocycles. The van der Waals surface area contributed by atoms with Gasteiger partial charge in [-0.2, -0.15) is 5.10 Å². The summed E-state index contributed by atoms with van der Waals surface area (Å²) in [5.41, 5.74) is 0. The van der Waals surface area contributed by atoms with E-state index in [9.17, 15) is 0 Å². The largest absolute Gasteiger partial charge is 0.379 e. The van der Waals surface area contributed by atoms with Crippen LogP contribution in [0.2, 0.25) is 0 Å². The van der Waals surface area contributed by atoms with Crippen LogP contribution in [0.1, 0.15) is 27.7 Å². The second-order valence-electron chi connectivity index (χ2n) is 4.59. The van der Waals surface area contributed by atoms with Gasteiger partial charge in [0.05, 0.1) is 19.3 Å². The highest BCUT2D eigenvalue weighted by Gasteiger charge is 2.28. The van der Waals surface area contributed by atoms with Crippen LogP contribution in [0.4, 0.5) is 0 Å². The number of hydrogen-bond donors (Lipinski definition) is 0. The molecule has 0 aliphatic carbocycles. The Morgan fingerprint density at radius 1 is 1.50 bits per heavy atom. The highest BCUT2D eigenvalue weighted by Crippen LogP contribution is 2.16. The van der Waals surface area contributed by atoms with Gasteiger partial charge in [-0.15, -0.1) is 0 Å². The summed E-state index contributed by atoms with van der Waals surface area (Å²) >= 11 is 0. The van der Waals surface area contributed by atoms with Crippen LogP contribution < -0.4 is 0 Å². The van der Waals surface area contributed by atoms with Crippen molar-refractivity contribution >= 4 is 6.21 Å². The van der Waals surface area contributed by atoms with Crippen LogP contribution in [-0.4, -0.2) is 61.1 Å². The zero-order valence-corrected chi connectivity index (χ0v) is 11.2. The Labute approximate surface area is 99.2 Å². The monoisotopic (exact) mass is 227 g/mol. The molecular weight excluding hydrogens is 202 g/mol. The van der Waals surface area contributed by atoms with Gasteiger partial charge in [0.15, 0.2) is 0 Å². The maximum atomic E-state index is 5.46. The number of hydrogen-bond acceptors (Lipinski definition) is 4. The molecule has 1 heterocycles. The van der Waals surface area contributed by atoms with Crippen molar-refractivity contribution in [1.82, 2.24) is 9.91 Å². The van der Waals surface area contributed by atoms with Crippen molar-refractivity contribution in [3.05, 3.63) is 0 Å². The summed E-state index contributed by atoms with van der Waals surface area (Å²) in [7, 11) is 2.03. The number of nitrogens with zero attached hydrogens (tertiary/aromatic N) is 3. The van der Waals surface area contributed by atoms with Gasteiger partial charge in [0, 0.05) is 31.9 Å². The maximum Gasteiger partial charge on any atom is 0.0619 e. The first kappa shape index (κ1) is 13.5. The van der Waals surface area contributed by atoms with Gasteiger partial charge in [-0.3, -0.25) is 9.91 Å². The molecule has 3 atom stereocenters. The minimum Gasteiger partial charge on any atom is -0.379 e. The molecule has 94 valence electrons. The van der Waals surface area contributed by atoms with Crippen LogP contribution in [0, 0.1) is 0 Å². The maximum absolute atomic E-state index is 5.46. The quantitative estimate of drug-likeness (QED) is 0.537. The van der Waals surface area contributed by atoms with Crippen LogP contribution in [0.25, 0.3) is 0 Å². The summed E-state index contributed by atoms with van der Waals surface area (Å²) in [6.45, 7) is 11.4. The zero-order valence-electron chi connectivity index (χ0n) is 11.2. The lowest BCUT2D eigenvalue weighted by Crippen LogP contribution is -2.54. The van der Waals surface area contributed by atoms with E-state index in [4.69, 9.17) is 4.74 Å². The lowest BCUT2D eigenvalue weighted by molar-refractivity contribution is -0.0337. The fourth-order valence-electron chi connectivity index (χ4n) is 2.22. The van der Waals surface area contributed by atoms with Crippen LogP contribution in [0.15, 0.2) is 5.10 Å². The molecule has 1 fully saturated rings. The van der Waals surface area contributed by atoms with Gasteiger partial charge in [0.1, 0.15) is 0 Å². The molecule has 1 unspecified atom stereocenters. The molecular formula is C12H25N3O. The molecule has 0 aromatic carbocycles. The van der Waals surface area contributed by atoms with E-state index in [0.717, 1.165) is 19.8 Å². The molecule has 4 heteroatoms. The Balaban J connectivity index is 2.57. The van der Waals surface area contributed by atoms with Gasteiger partial charge in [0.25, 0.3) is 0 Å². The van der Waals surface area contributed by atoms with Crippen molar-refractivity contribution in [3.8, 4) is 0 Å². The third kappa shape index (κ3) is 3.19. The topological polar surface area (TPSA) is 28.1 Å². The van der Waals surface area contributed by atoms with Crippen molar-refractivity contribution in [3.63, 3.8) is 0 Å². The summed E-state index contributed by atoms with van der Waals surface area (Å²) in [5, 5.41) is 6.35. The average Bonchev–Trinajstić information content (AvgIpc) is 2.28. The molecule has 0 bridgehead atoms. The molecule has 1 saturated heterocycles. The first-order valence-corrected chi connectivity index (χ1v) is 6.12. The van der Waals surface area contributed by atoms with E-state index in [-0.39, 0.29) is 0 Å². The van der Waals surface area contributed by atoms with E-state index in [2.05, 4.69) is 30.8 Å². The first-order valence-electron chi connectivity index (χ1n) is 6.12. The number of likely N-dealkylation sites (N-methyl/N-ethyl adjacent to an activating group) is 1. The third-order valence-corrected chi connectivity index (χ3v) is 3.53. The highest BCUT2D eigenvalue weighted by atomic mass is 16.5.